The maximum atomic E-state index is 13.0. The lowest BCUT2D eigenvalue weighted by Crippen LogP contribution is -2.51. The lowest BCUT2D eigenvalue weighted by molar-refractivity contribution is -0.132. The molecular formula is C20H33N3O3S. The molecule has 1 fully saturated rings. The third kappa shape index (κ3) is 5.53. The molecule has 1 heterocycles. The van der Waals surface area contributed by atoms with Gasteiger partial charge in [-0.3, -0.25) is 9.69 Å². The molecular weight excluding hydrogens is 362 g/mol. The molecule has 1 aromatic rings. The Balaban J connectivity index is 1.98. The van der Waals surface area contributed by atoms with E-state index < -0.39 is 10.0 Å². The summed E-state index contributed by atoms with van der Waals surface area (Å²) >= 11 is 0. The number of hydrogen-bond acceptors (Lipinski definition) is 4. The van der Waals surface area contributed by atoms with Crippen LogP contribution in [0.4, 0.5) is 0 Å². The summed E-state index contributed by atoms with van der Waals surface area (Å²) in [4.78, 5) is 16.9. The fourth-order valence-electron chi connectivity index (χ4n) is 3.44. The molecule has 1 aliphatic rings. The topological polar surface area (TPSA) is 60.9 Å². The van der Waals surface area contributed by atoms with Gasteiger partial charge in [-0.2, -0.15) is 4.31 Å². The van der Waals surface area contributed by atoms with Crippen molar-refractivity contribution in [3.8, 4) is 0 Å². The quantitative estimate of drug-likeness (QED) is 0.677. The second-order valence-electron chi connectivity index (χ2n) is 7.33. The predicted octanol–water partition coefficient (Wildman–Crippen LogP) is 2.26. The van der Waals surface area contributed by atoms with Gasteiger partial charge in [-0.05, 0) is 43.9 Å². The van der Waals surface area contributed by atoms with Gasteiger partial charge in [0.25, 0.3) is 0 Å². The van der Waals surface area contributed by atoms with Crippen molar-refractivity contribution in [2.45, 2.75) is 45.4 Å². The maximum Gasteiger partial charge on any atom is 0.243 e. The van der Waals surface area contributed by atoms with Gasteiger partial charge in [0.15, 0.2) is 0 Å². The van der Waals surface area contributed by atoms with Gasteiger partial charge in [0.1, 0.15) is 0 Å². The first-order valence-corrected chi connectivity index (χ1v) is 11.3. The zero-order chi connectivity index (χ0) is 20.0. The van der Waals surface area contributed by atoms with E-state index in [4.69, 9.17) is 0 Å². The number of carbonyl (C=O) groups is 1. The van der Waals surface area contributed by atoms with Crippen LogP contribution in [-0.4, -0.2) is 74.2 Å². The zero-order valence-corrected chi connectivity index (χ0v) is 17.9. The van der Waals surface area contributed by atoms with Crippen molar-refractivity contribution in [1.29, 1.82) is 0 Å². The fraction of sp³-hybridized carbons (Fsp3) is 0.650. The Bertz CT molecular complexity index is 735. The van der Waals surface area contributed by atoms with Crippen molar-refractivity contribution in [3.05, 3.63) is 29.3 Å². The van der Waals surface area contributed by atoms with Crippen LogP contribution in [0.25, 0.3) is 0 Å². The number of sulfonamides is 1. The highest BCUT2D eigenvalue weighted by Crippen LogP contribution is 2.22. The molecule has 0 bridgehead atoms. The van der Waals surface area contributed by atoms with Crippen molar-refractivity contribution in [2.75, 3.05) is 45.8 Å². The molecule has 0 radical (unpaired) electrons. The minimum atomic E-state index is -3.49. The van der Waals surface area contributed by atoms with Gasteiger partial charge in [-0.1, -0.05) is 26.0 Å². The standard InChI is InChI=1S/C20H33N3O3S/c1-5-9-22(10-6-2)20(24)16-21-11-13-23(14-12-21)27(25,26)19-15-17(3)7-8-18(19)4/h7-8,15H,5-6,9-14,16H2,1-4H3. The summed E-state index contributed by atoms with van der Waals surface area (Å²) in [6.07, 6.45) is 1.90. The molecule has 1 saturated heterocycles. The molecule has 7 heteroatoms. The molecule has 0 saturated carbocycles. The second kappa shape index (κ2) is 9.66. The summed E-state index contributed by atoms with van der Waals surface area (Å²) in [6.45, 7) is 11.8. The predicted molar refractivity (Wildman–Crippen MR) is 108 cm³/mol. The molecule has 27 heavy (non-hydrogen) atoms. The van der Waals surface area contributed by atoms with Crippen molar-refractivity contribution in [2.24, 2.45) is 0 Å². The molecule has 0 aromatic heterocycles. The first-order valence-electron chi connectivity index (χ1n) is 9.87. The van der Waals surface area contributed by atoms with E-state index in [1.165, 1.54) is 0 Å². The molecule has 152 valence electrons. The van der Waals surface area contributed by atoms with Crippen LogP contribution in [0.1, 0.15) is 37.8 Å². The highest BCUT2D eigenvalue weighted by Gasteiger charge is 2.30. The molecule has 1 amide bonds. The number of carbonyl (C=O) groups excluding carboxylic acids is 1. The molecule has 2 rings (SSSR count). The van der Waals surface area contributed by atoms with Crippen LogP contribution in [0, 0.1) is 13.8 Å². The van der Waals surface area contributed by atoms with Crippen LogP contribution >= 0.6 is 0 Å². The number of nitrogens with zero attached hydrogens (tertiary/aromatic N) is 3. The largest absolute Gasteiger partial charge is 0.342 e. The second-order valence-corrected chi connectivity index (χ2v) is 9.24. The van der Waals surface area contributed by atoms with Crippen LogP contribution in [0.3, 0.4) is 0 Å². The monoisotopic (exact) mass is 395 g/mol. The third-order valence-electron chi connectivity index (χ3n) is 4.99. The average molecular weight is 396 g/mol. The van der Waals surface area contributed by atoms with Gasteiger partial charge >= 0.3 is 0 Å². The number of benzene rings is 1. The Morgan fingerprint density at radius 1 is 1.04 bits per heavy atom. The van der Waals surface area contributed by atoms with E-state index in [0.717, 1.165) is 37.1 Å². The highest BCUT2D eigenvalue weighted by molar-refractivity contribution is 7.89. The zero-order valence-electron chi connectivity index (χ0n) is 17.1. The number of hydrogen-bond donors (Lipinski definition) is 0. The molecule has 0 N–H and O–H groups in total. The van der Waals surface area contributed by atoms with Gasteiger partial charge in [0.2, 0.25) is 15.9 Å². The summed E-state index contributed by atoms with van der Waals surface area (Å²) < 4.78 is 27.5. The molecule has 1 aromatic carbocycles. The Kier molecular flexibility index (Phi) is 7.82. The van der Waals surface area contributed by atoms with Crippen LogP contribution < -0.4 is 0 Å². The smallest absolute Gasteiger partial charge is 0.243 e. The van der Waals surface area contributed by atoms with Crippen molar-refractivity contribution < 1.29 is 13.2 Å². The third-order valence-corrected chi connectivity index (χ3v) is 7.03. The van der Waals surface area contributed by atoms with Gasteiger partial charge in [-0.25, -0.2) is 8.42 Å². The van der Waals surface area contributed by atoms with Crippen LogP contribution in [-0.2, 0) is 14.8 Å². The summed E-state index contributed by atoms with van der Waals surface area (Å²) in [6, 6.07) is 5.53. The summed E-state index contributed by atoms with van der Waals surface area (Å²) in [5.41, 5.74) is 1.71. The van der Waals surface area contributed by atoms with E-state index in [-0.39, 0.29) is 5.91 Å². The lowest BCUT2D eigenvalue weighted by atomic mass is 10.2. The highest BCUT2D eigenvalue weighted by atomic mass is 32.2. The van der Waals surface area contributed by atoms with E-state index in [1.807, 2.05) is 30.9 Å². The molecule has 1 aliphatic heterocycles. The Morgan fingerprint density at radius 2 is 1.63 bits per heavy atom. The number of piperazine rings is 1. The number of aryl methyl sites for hydroxylation is 2. The van der Waals surface area contributed by atoms with Gasteiger partial charge < -0.3 is 4.90 Å². The number of amides is 1. The first-order chi connectivity index (χ1) is 12.8. The van der Waals surface area contributed by atoms with E-state index >= 15 is 0 Å². The SMILES string of the molecule is CCCN(CCC)C(=O)CN1CCN(S(=O)(=O)c2cc(C)ccc2C)CC1. The van der Waals surface area contributed by atoms with Gasteiger partial charge in [0.05, 0.1) is 11.4 Å². The minimum absolute atomic E-state index is 0.143. The van der Waals surface area contributed by atoms with Crippen LogP contribution in [0.5, 0.6) is 0 Å². The molecule has 0 aliphatic carbocycles. The van der Waals surface area contributed by atoms with E-state index in [9.17, 15) is 13.2 Å². The Labute approximate surface area is 164 Å². The van der Waals surface area contributed by atoms with Gasteiger partial charge in [-0.15, -0.1) is 0 Å². The summed E-state index contributed by atoms with van der Waals surface area (Å²) in [5, 5.41) is 0. The fourth-order valence-corrected chi connectivity index (χ4v) is 5.18. The lowest BCUT2D eigenvalue weighted by Gasteiger charge is -2.35. The minimum Gasteiger partial charge on any atom is -0.342 e. The van der Waals surface area contributed by atoms with E-state index in [0.29, 0.717) is 37.6 Å². The van der Waals surface area contributed by atoms with Crippen molar-refractivity contribution in [1.82, 2.24) is 14.1 Å². The molecule has 0 atom stereocenters. The van der Waals surface area contributed by atoms with Crippen LogP contribution in [0.2, 0.25) is 0 Å². The summed E-state index contributed by atoms with van der Waals surface area (Å²) in [5.74, 6) is 0.143. The Hall–Kier alpha value is -1.44. The Morgan fingerprint density at radius 3 is 2.19 bits per heavy atom. The van der Waals surface area contributed by atoms with E-state index in [1.54, 1.807) is 10.4 Å². The first kappa shape index (κ1) is 21.9. The average Bonchev–Trinajstić information content (AvgIpc) is 2.64. The van der Waals surface area contributed by atoms with E-state index in [2.05, 4.69) is 18.7 Å². The van der Waals surface area contributed by atoms with Crippen molar-refractivity contribution >= 4 is 15.9 Å². The maximum absolute atomic E-state index is 13.0. The molecule has 0 unspecified atom stereocenters. The van der Waals surface area contributed by atoms with Crippen molar-refractivity contribution in [3.63, 3.8) is 0 Å². The number of rotatable bonds is 8. The molecule has 0 spiro atoms. The van der Waals surface area contributed by atoms with Gasteiger partial charge in [0, 0.05) is 39.3 Å². The van der Waals surface area contributed by atoms with Crippen LogP contribution in [0.15, 0.2) is 23.1 Å². The summed E-state index contributed by atoms with van der Waals surface area (Å²) in [7, 11) is -3.49. The normalized spacial score (nSPS) is 16.4. The molecule has 6 nitrogen and oxygen atoms in total.